The molecule has 13 N–H and O–H groups in total. The number of hydrogen-bond acceptors (Lipinski definition) is 7. The summed E-state index contributed by atoms with van der Waals surface area (Å²) < 4.78 is 0. The molecule has 0 aromatic carbocycles. The standard InChI is InChI=1S/C29H34ClN13O5/c1-11-16(8-35-19(11)25(45)33-6-7-34-29(31)32)38-26(46)20-12(2)17(9-36-20)39-27(47)21-13(3)18(10-37-21)40-28(48)22-14(4)23(43-42-22)41-24(44)15(5)30/h8-10,35-37H,5-7H2,1-4H3,(H,33,45)(H,38,46)(H,39,47)(H,40,48)(H4,31,32,34)(H2,41,42,43,44). The van der Waals surface area contributed by atoms with E-state index in [1.54, 1.807) is 27.7 Å². The van der Waals surface area contributed by atoms with E-state index in [1.165, 1.54) is 18.6 Å². The Labute approximate surface area is 277 Å². The molecule has 5 amide bonds. The number of carbonyl (C=O) groups is 5. The molecule has 4 heterocycles. The van der Waals surface area contributed by atoms with Crippen LogP contribution in [-0.4, -0.2) is 73.7 Å². The second-order valence-electron chi connectivity index (χ2n) is 10.5. The van der Waals surface area contributed by atoms with E-state index in [2.05, 4.69) is 63.6 Å². The predicted molar refractivity (Wildman–Crippen MR) is 180 cm³/mol. The van der Waals surface area contributed by atoms with Crippen molar-refractivity contribution < 1.29 is 24.0 Å². The number of nitrogens with two attached hydrogens (primary N) is 1. The third-order valence-corrected chi connectivity index (χ3v) is 7.46. The number of aromatic amines is 4. The molecule has 4 rings (SSSR count). The molecule has 0 fully saturated rings. The van der Waals surface area contributed by atoms with Crippen molar-refractivity contribution in [3.05, 3.63) is 75.2 Å². The van der Waals surface area contributed by atoms with Gasteiger partial charge in [0.05, 0.1) is 22.1 Å². The fourth-order valence-electron chi connectivity index (χ4n) is 4.52. The fraction of sp³-hybridized carbons (Fsp3) is 0.207. The Balaban J connectivity index is 1.38. The number of anilines is 4. The molecule has 0 aliphatic rings. The first kappa shape index (κ1) is 34.6. The van der Waals surface area contributed by atoms with Crippen LogP contribution in [0.1, 0.15) is 64.2 Å². The van der Waals surface area contributed by atoms with Gasteiger partial charge in [0.15, 0.2) is 11.8 Å². The minimum atomic E-state index is -0.663. The fourth-order valence-corrected chi connectivity index (χ4v) is 4.56. The monoisotopic (exact) mass is 679 g/mol. The van der Waals surface area contributed by atoms with Crippen LogP contribution in [0.5, 0.6) is 0 Å². The van der Waals surface area contributed by atoms with Crippen LogP contribution in [0, 0.1) is 33.1 Å². The molecule has 0 unspecified atom stereocenters. The van der Waals surface area contributed by atoms with Crippen LogP contribution in [0.4, 0.5) is 22.9 Å². The van der Waals surface area contributed by atoms with Crippen LogP contribution >= 0.6 is 11.6 Å². The number of guanidine groups is 1. The number of amides is 5. The second-order valence-corrected chi connectivity index (χ2v) is 11.0. The molecule has 0 spiro atoms. The maximum absolute atomic E-state index is 13.2. The molecule has 18 nitrogen and oxygen atoms in total. The normalized spacial score (nSPS) is 10.6. The van der Waals surface area contributed by atoms with Crippen molar-refractivity contribution in [3.8, 4) is 0 Å². The Morgan fingerprint density at radius 2 is 1.12 bits per heavy atom. The van der Waals surface area contributed by atoms with Crippen LogP contribution in [0.25, 0.3) is 0 Å². The highest BCUT2D eigenvalue weighted by atomic mass is 35.5. The zero-order chi connectivity index (χ0) is 35.3. The first-order valence-corrected chi connectivity index (χ1v) is 14.6. The van der Waals surface area contributed by atoms with Crippen molar-refractivity contribution in [1.29, 1.82) is 5.41 Å². The highest BCUT2D eigenvalue weighted by Gasteiger charge is 2.23. The number of hydrogen-bond donors (Lipinski definition) is 12. The molecule has 0 atom stereocenters. The Morgan fingerprint density at radius 1 is 0.708 bits per heavy atom. The molecule has 0 aliphatic carbocycles. The van der Waals surface area contributed by atoms with Gasteiger partial charge in [0, 0.05) is 53.9 Å². The molecule has 4 aromatic heterocycles. The van der Waals surface area contributed by atoms with E-state index < -0.39 is 29.5 Å². The van der Waals surface area contributed by atoms with E-state index in [0.29, 0.717) is 39.3 Å². The van der Waals surface area contributed by atoms with E-state index in [9.17, 15) is 24.0 Å². The van der Waals surface area contributed by atoms with Crippen molar-refractivity contribution in [1.82, 2.24) is 35.8 Å². The minimum absolute atomic E-state index is 0.0823. The average Bonchev–Trinajstić information content (AvgIpc) is 3.78. The van der Waals surface area contributed by atoms with E-state index in [1.807, 2.05) is 0 Å². The highest BCUT2D eigenvalue weighted by molar-refractivity contribution is 6.43. The third-order valence-electron chi connectivity index (χ3n) is 7.29. The van der Waals surface area contributed by atoms with Gasteiger partial charge >= 0.3 is 0 Å². The number of H-pyrrole nitrogens is 4. The van der Waals surface area contributed by atoms with Crippen LogP contribution in [0.15, 0.2) is 30.2 Å². The highest BCUT2D eigenvalue weighted by Crippen LogP contribution is 2.25. The van der Waals surface area contributed by atoms with Crippen molar-refractivity contribution in [2.75, 3.05) is 34.4 Å². The van der Waals surface area contributed by atoms with Gasteiger partial charge in [0.25, 0.3) is 29.5 Å². The number of halogens is 1. The molecule has 0 saturated heterocycles. The molecule has 19 heteroatoms. The summed E-state index contributed by atoms with van der Waals surface area (Å²) in [5.41, 5.74) is 8.73. The molecule has 0 radical (unpaired) electrons. The summed E-state index contributed by atoms with van der Waals surface area (Å²) in [5.74, 6) is -2.75. The lowest BCUT2D eigenvalue weighted by Gasteiger charge is -2.08. The van der Waals surface area contributed by atoms with Gasteiger partial charge in [-0.3, -0.25) is 34.5 Å². The summed E-state index contributed by atoms with van der Waals surface area (Å²) in [7, 11) is 0. The Bertz CT molecular complexity index is 1950. The van der Waals surface area contributed by atoms with Crippen LogP contribution in [-0.2, 0) is 4.79 Å². The van der Waals surface area contributed by atoms with E-state index in [-0.39, 0.29) is 52.7 Å². The van der Waals surface area contributed by atoms with E-state index in [4.69, 9.17) is 22.7 Å². The van der Waals surface area contributed by atoms with Crippen LogP contribution < -0.4 is 37.6 Å². The molecular formula is C29H34ClN13O5. The summed E-state index contributed by atoms with van der Waals surface area (Å²) >= 11 is 5.59. The zero-order valence-corrected chi connectivity index (χ0v) is 27.1. The number of nitrogens with one attached hydrogen (secondary N) is 11. The summed E-state index contributed by atoms with van der Waals surface area (Å²) in [6, 6.07) is 0. The summed E-state index contributed by atoms with van der Waals surface area (Å²) in [6.45, 7) is 10.4. The quantitative estimate of drug-likeness (QED) is 0.0455. The second kappa shape index (κ2) is 14.4. The molecule has 0 saturated carbocycles. The minimum Gasteiger partial charge on any atom is -0.370 e. The SMILES string of the molecule is C=C(Cl)C(=O)Nc1n[nH]c(C(=O)Nc2c[nH]c(C(=O)Nc3c[nH]c(C(=O)Nc4c[nH]c(C(=O)NCCNC(=N)N)c4C)c3C)c2C)c1C. The van der Waals surface area contributed by atoms with Crippen molar-refractivity contribution in [2.45, 2.75) is 27.7 Å². The van der Waals surface area contributed by atoms with Gasteiger partial charge in [0.1, 0.15) is 22.8 Å². The van der Waals surface area contributed by atoms with Gasteiger partial charge in [0.2, 0.25) is 0 Å². The maximum Gasteiger partial charge on any atom is 0.274 e. The van der Waals surface area contributed by atoms with Crippen LogP contribution in [0.3, 0.4) is 0 Å². The van der Waals surface area contributed by atoms with Crippen molar-refractivity contribution in [2.24, 2.45) is 5.73 Å². The third kappa shape index (κ3) is 7.56. The van der Waals surface area contributed by atoms with Gasteiger partial charge in [-0.25, -0.2) is 0 Å². The number of rotatable bonds is 12. The largest absolute Gasteiger partial charge is 0.370 e. The number of nitrogens with zero attached hydrogens (tertiary/aromatic N) is 1. The Hall–Kier alpha value is -6.30. The van der Waals surface area contributed by atoms with Gasteiger partial charge in [-0.05, 0) is 27.7 Å². The summed E-state index contributed by atoms with van der Waals surface area (Å²) in [4.78, 5) is 72.1. The molecule has 48 heavy (non-hydrogen) atoms. The summed E-state index contributed by atoms with van der Waals surface area (Å²) in [6.07, 6.45) is 4.41. The smallest absolute Gasteiger partial charge is 0.274 e. The van der Waals surface area contributed by atoms with E-state index in [0.717, 1.165) is 0 Å². The topological polar surface area (TPSA) is 283 Å². The lowest BCUT2D eigenvalue weighted by molar-refractivity contribution is -0.112. The zero-order valence-electron chi connectivity index (χ0n) is 26.3. The number of aromatic nitrogens is 5. The lowest BCUT2D eigenvalue weighted by Crippen LogP contribution is -2.37. The molecular weight excluding hydrogens is 646 g/mol. The number of carbonyl (C=O) groups excluding carboxylic acids is 5. The Kier molecular flexibility index (Phi) is 10.4. The van der Waals surface area contributed by atoms with Crippen LogP contribution in [0.2, 0.25) is 0 Å². The van der Waals surface area contributed by atoms with Crippen molar-refractivity contribution in [3.63, 3.8) is 0 Å². The molecule has 0 aliphatic heterocycles. The van der Waals surface area contributed by atoms with Gasteiger partial charge < -0.3 is 52.6 Å². The average molecular weight is 680 g/mol. The van der Waals surface area contributed by atoms with Gasteiger partial charge in [-0.2, -0.15) is 5.10 Å². The Morgan fingerprint density at radius 3 is 1.56 bits per heavy atom. The first-order chi connectivity index (χ1) is 22.7. The first-order valence-electron chi connectivity index (χ1n) is 14.2. The maximum atomic E-state index is 13.2. The molecule has 252 valence electrons. The van der Waals surface area contributed by atoms with Gasteiger partial charge in [-0.15, -0.1) is 0 Å². The molecule has 4 aromatic rings. The van der Waals surface area contributed by atoms with Gasteiger partial charge in [-0.1, -0.05) is 18.2 Å². The van der Waals surface area contributed by atoms with E-state index >= 15 is 0 Å². The van der Waals surface area contributed by atoms with Crippen molar-refractivity contribution >= 4 is 70.0 Å². The summed E-state index contributed by atoms with van der Waals surface area (Å²) in [5, 5.41) is 29.3. The predicted octanol–water partition coefficient (Wildman–Crippen LogP) is 2.29. The lowest BCUT2D eigenvalue weighted by atomic mass is 10.2. The molecule has 0 bridgehead atoms.